The first kappa shape index (κ1) is 6.51. The van der Waals surface area contributed by atoms with Crippen molar-refractivity contribution in [1.82, 2.24) is 5.32 Å². The third-order valence-electron chi connectivity index (χ3n) is 1.60. The molecule has 1 rings (SSSR count). The zero-order valence-electron chi connectivity index (χ0n) is 5.35. The molecule has 1 aliphatic carbocycles. The summed E-state index contributed by atoms with van der Waals surface area (Å²) in [5.74, 6) is 0.598. The minimum absolute atomic E-state index is 0.598. The highest BCUT2D eigenvalue weighted by molar-refractivity contribution is 7.17. The number of hydrogen-bond acceptors (Lipinski definition) is 1. The van der Waals surface area contributed by atoms with Crippen molar-refractivity contribution in [1.29, 1.82) is 0 Å². The molecule has 1 N–H and O–H groups in total. The van der Waals surface area contributed by atoms with Crippen LogP contribution in [0.3, 0.4) is 0 Å². The lowest BCUT2D eigenvalue weighted by Crippen LogP contribution is -2.38. The molecule has 0 radical (unpaired) electrons. The van der Waals surface area contributed by atoms with Crippen molar-refractivity contribution in [2.75, 3.05) is 0 Å². The van der Waals surface area contributed by atoms with E-state index >= 15 is 0 Å². The van der Waals surface area contributed by atoms with E-state index in [2.05, 4.69) is 21.5 Å². The monoisotopic (exact) mass is 131 g/mol. The second kappa shape index (κ2) is 2.80. The minimum Gasteiger partial charge on any atom is -0.308 e. The van der Waals surface area contributed by atoms with Crippen LogP contribution in [0.25, 0.3) is 0 Å². The fourth-order valence-electron chi connectivity index (χ4n) is 0.947. The summed E-state index contributed by atoms with van der Waals surface area (Å²) >= 11 is 0. The SMILES string of the molecule is CC(P)NC1CCC1. The molecule has 0 amide bonds. The summed E-state index contributed by atoms with van der Waals surface area (Å²) in [7, 11) is 2.75. The Balaban J connectivity index is 2.01. The average molecular weight is 131 g/mol. The van der Waals surface area contributed by atoms with Gasteiger partial charge in [-0.3, -0.25) is 0 Å². The first-order valence-electron chi connectivity index (χ1n) is 3.30. The zero-order chi connectivity index (χ0) is 5.98. The maximum absolute atomic E-state index is 3.44. The summed E-state index contributed by atoms with van der Waals surface area (Å²) in [6.45, 7) is 2.17. The highest BCUT2D eigenvalue weighted by atomic mass is 31.0. The fraction of sp³-hybridized carbons (Fsp3) is 1.00. The second-order valence-corrected chi connectivity index (χ2v) is 3.58. The molecule has 1 saturated carbocycles. The van der Waals surface area contributed by atoms with Crippen molar-refractivity contribution in [2.45, 2.75) is 38.0 Å². The second-order valence-electron chi connectivity index (χ2n) is 2.58. The van der Waals surface area contributed by atoms with Crippen molar-refractivity contribution in [2.24, 2.45) is 0 Å². The summed E-state index contributed by atoms with van der Waals surface area (Å²) in [6, 6.07) is 0.836. The van der Waals surface area contributed by atoms with Gasteiger partial charge in [-0.25, -0.2) is 0 Å². The Kier molecular flexibility index (Phi) is 2.27. The predicted octanol–water partition coefficient (Wildman–Crippen LogP) is 1.35. The summed E-state index contributed by atoms with van der Waals surface area (Å²) in [5, 5.41) is 3.44. The van der Waals surface area contributed by atoms with Gasteiger partial charge in [-0.2, -0.15) is 0 Å². The van der Waals surface area contributed by atoms with Crippen LogP contribution >= 0.6 is 9.24 Å². The Bertz CT molecular complexity index is 68.9. The van der Waals surface area contributed by atoms with E-state index in [4.69, 9.17) is 0 Å². The molecule has 0 aromatic heterocycles. The van der Waals surface area contributed by atoms with Crippen LogP contribution in [0.2, 0.25) is 0 Å². The Hall–Kier alpha value is 0.390. The van der Waals surface area contributed by atoms with Gasteiger partial charge >= 0.3 is 0 Å². The number of hydrogen-bond donors (Lipinski definition) is 1. The van der Waals surface area contributed by atoms with Crippen molar-refractivity contribution < 1.29 is 0 Å². The number of nitrogens with one attached hydrogen (secondary N) is 1. The van der Waals surface area contributed by atoms with Gasteiger partial charge in [-0.15, -0.1) is 9.24 Å². The van der Waals surface area contributed by atoms with E-state index in [1.165, 1.54) is 19.3 Å². The molecule has 0 saturated heterocycles. The Morgan fingerprint density at radius 1 is 1.62 bits per heavy atom. The van der Waals surface area contributed by atoms with Crippen LogP contribution in [-0.2, 0) is 0 Å². The standard InChI is InChI=1S/C6H14NP/c1-5(8)7-6-3-2-4-6/h5-7H,2-4,8H2,1H3. The molecule has 2 heteroatoms. The summed E-state index contributed by atoms with van der Waals surface area (Å²) in [6.07, 6.45) is 4.20. The summed E-state index contributed by atoms with van der Waals surface area (Å²) in [4.78, 5) is 0. The smallest absolute Gasteiger partial charge is 0.0185 e. The minimum atomic E-state index is 0.598. The normalized spacial score (nSPS) is 24.8. The Morgan fingerprint density at radius 3 is 2.38 bits per heavy atom. The lowest BCUT2D eigenvalue weighted by Gasteiger charge is -2.28. The average Bonchev–Trinajstić information content (AvgIpc) is 1.55. The van der Waals surface area contributed by atoms with E-state index in [9.17, 15) is 0 Å². The molecule has 0 spiro atoms. The molecule has 1 fully saturated rings. The van der Waals surface area contributed by atoms with Crippen LogP contribution in [0.15, 0.2) is 0 Å². The molecule has 48 valence electrons. The molecule has 1 nitrogen and oxygen atoms in total. The Labute approximate surface area is 53.4 Å². The maximum atomic E-state index is 3.44. The van der Waals surface area contributed by atoms with E-state index < -0.39 is 0 Å². The topological polar surface area (TPSA) is 12.0 Å². The van der Waals surface area contributed by atoms with Crippen molar-refractivity contribution >= 4 is 9.24 Å². The first-order chi connectivity index (χ1) is 3.79. The zero-order valence-corrected chi connectivity index (χ0v) is 6.51. The lowest BCUT2D eigenvalue weighted by molar-refractivity contribution is 0.338. The maximum Gasteiger partial charge on any atom is 0.0185 e. The molecular formula is C6H14NP. The molecule has 0 aromatic carbocycles. The molecular weight excluding hydrogens is 117 g/mol. The molecule has 2 unspecified atom stereocenters. The molecule has 1 aliphatic rings. The van der Waals surface area contributed by atoms with Gasteiger partial charge in [-0.1, -0.05) is 6.42 Å². The third-order valence-corrected chi connectivity index (χ3v) is 1.80. The van der Waals surface area contributed by atoms with Gasteiger partial charge < -0.3 is 5.32 Å². The van der Waals surface area contributed by atoms with E-state index in [-0.39, 0.29) is 0 Å². The van der Waals surface area contributed by atoms with Gasteiger partial charge in [0, 0.05) is 11.8 Å². The first-order valence-corrected chi connectivity index (χ1v) is 3.97. The van der Waals surface area contributed by atoms with Gasteiger partial charge in [-0.05, 0) is 19.8 Å². The largest absolute Gasteiger partial charge is 0.308 e. The molecule has 0 bridgehead atoms. The quantitative estimate of drug-likeness (QED) is 0.558. The van der Waals surface area contributed by atoms with E-state index in [1.54, 1.807) is 0 Å². The fourth-order valence-corrected chi connectivity index (χ4v) is 1.22. The van der Waals surface area contributed by atoms with E-state index in [0.29, 0.717) is 5.78 Å². The van der Waals surface area contributed by atoms with Gasteiger partial charge in [0.05, 0.1) is 0 Å². The van der Waals surface area contributed by atoms with Crippen LogP contribution in [0, 0.1) is 0 Å². The summed E-state index contributed by atoms with van der Waals surface area (Å²) in [5.41, 5.74) is 0. The van der Waals surface area contributed by atoms with Crippen molar-refractivity contribution in [3.63, 3.8) is 0 Å². The number of rotatable bonds is 2. The Morgan fingerprint density at radius 2 is 2.25 bits per heavy atom. The van der Waals surface area contributed by atoms with Gasteiger partial charge in [0.15, 0.2) is 0 Å². The van der Waals surface area contributed by atoms with Crippen LogP contribution in [-0.4, -0.2) is 11.8 Å². The van der Waals surface area contributed by atoms with Crippen molar-refractivity contribution in [3.05, 3.63) is 0 Å². The van der Waals surface area contributed by atoms with Gasteiger partial charge in [0.2, 0.25) is 0 Å². The van der Waals surface area contributed by atoms with Crippen LogP contribution < -0.4 is 5.32 Å². The van der Waals surface area contributed by atoms with Crippen LogP contribution in [0.5, 0.6) is 0 Å². The molecule has 0 aliphatic heterocycles. The molecule has 0 aromatic rings. The lowest BCUT2D eigenvalue weighted by atomic mass is 9.93. The highest BCUT2D eigenvalue weighted by Crippen LogP contribution is 2.19. The van der Waals surface area contributed by atoms with E-state index in [0.717, 1.165) is 6.04 Å². The van der Waals surface area contributed by atoms with Crippen LogP contribution in [0.1, 0.15) is 26.2 Å². The third kappa shape index (κ3) is 1.72. The summed E-state index contributed by atoms with van der Waals surface area (Å²) < 4.78 is 0. The van der Waals surface area contributed by atoms with Crippen molar-refractivity contribution in [3.8, 4) is 0 Å². The predicted molar refractivity (Wildman–Crippen MR) is 39.9 cm³/mol. The van der Waals surface area contributed by atoms with Gasteiger partial charge in [0.1, 0.15) is 0 Å². The van der Waals surface area contributed by atoms with Gasteiger partial charge in [0.25, 0.3) is 0 Å². The highest BCUT2D eigenvalue weighted by Gasteiger charge is 2.16. The molecule has 0 heterocycles. The van der Waals surface area contributed by atoms with E-state index in [1.807, 2.05) is 0 Å². The van der Waals surface area contributed by atoms with Crippen LogP contribution in [0.4, 0.5) is 0 Å². The molecule has 2 atom stereocenters. The molecule has 8 heavy (non-hydrogen) atoms.